The van der Waals surface area contributed by atoms with Gasteiger partial charge in [0.15, 0.2) is 0 Å². The Morgan fingerprint density at radius 3 is 2.54 bits per heavy atom. The summed E-state index contributed by atoms with van der Waals surface area (Å²) in [6, 6.07) is 16.2. The van der Waals surface area contributed by atoms with Crippen molar-refractivity contribution in [3.05, 3.63) is 65.2 Å². The lowest BCUT2D eigenvalue weighted by atomic mass is 10.1. The minimum absolute atomic E-state index is 0.225. The topological polar surface area (TPSA) is 43.8 Å². The lowest BCUT2D eigenvalue weighted by molar-refractivity contribution is -0.133. The van der Waals surface area contributed by atoms with Gasteiger partial charge in [0.1, 0.15) is 5.75 Å². The molecule has 3 rings (SSSR count). The molecule has 0 aliphatic carbocycles. The van der Waals surface area contributed by atoms with E-state index in [1.165, 1.54) is 11.1 Å². The van der Waals surface area contributed by atoms with E-state index in [9.17, 15) is 9.90 Å². The second-order valence-corrected chi connectivity index (χ2v) is 7.18. The Bertz CT molecular complexity index is 745. The van der Waals surface area contributed by atoms with Gasteiger partial charge in [-0.3, -0.25) is 9.69 Å². The third-order valence-corrected chi connectivity index (χ3v) is 5.21. The lowest BCUT2D eigenvalue weighted by Gasteiger charge is -2.31. The van der Waals surface area contributed by atoms with Crippen LogP contribution in [0.25, 0.3) is 0 Å². The van der Waals surface area contributed by atoms with Crippen LogP contribution >= 0.6 is 0 Å². The molecule has 4 nitrogen and oxygen atoms in total. The summed E-state index contributed by atoms with van der Waals surface area (Å²) in [6.07, 6.45) is 1.50. The van der Waals surface area contributed by atoms with Crippen LogP contribution in [0.1, 0.15) is 36.5 Å². The number of phenolic OH excluding ortho intramolecular Hbond substituents is 1. The molecule has 1 heterocycles. The normalized spacial score (nSPS) is 18.8. The van der Waals surface area contributed by atoms with Crippen LogP contribution in [0.5, 0.6) is 5.75 Å². The van der Waals surface area contributed by atoms with Gasteiger partial charge in [0.05, 0.1) is 0 Å². The average molecular weight is 352 g/mol. The van der Waals surface area contributed by atoms with Crippen molar-refractivity contribution in [2.24, 2.45) is 0 Å². The van der Waals surface area contributed by atoms with Gasteiger partial charge >= 0.3 is 0 Å². The minimum Gasteiger partial charge on any atom is -0.508 e. The van der Waals surface area contributed by atoms with E-state index in [-0.39, 0.29) is 11.9 Å². The van der Waals surface area contributed by atoms with E-state index in [0.717, 1.165) is 31.6 Å². The van der Waals surface area contributed by atoms with Crippen molar-refractivity contribution in [3.8, 4) is 5.75 Å². The highest BCUT2D eigenvalue weighted by Gasteiger charge is 2.28. The summed E-state index contributed by atoms with van der Waals surface area (Å²) in [5.41, 5.74) is 3.26. The van der Waals surface area contributed by atoms with Gasteiger partial charge in [0.25, 0.3) is 0 Å². The molecule has 1 aliphatic rings. The van der Waals surface area contributed by atoms with Crippen molar-refractivity contribution in [2.75, 3.05) is 13.1 Å². The zero-order valence-electron chi connectivity index (χ0n) is 15.7. The highest BCUT2D eigenvalue weighted by molar-refractivity contribution is 5.77. The molecule has 1 aliphatic heterocycles. The predicted octanol–water partition coefficient (Wildman–Crippen LogP) is 3.71. The van der Waals surface area contributed by atoms with Crippen molar-refractivity contribution in [2.45, 2.75) is 45.8 Å². The Hall–Kier alpha value is -2.33. The second kappa shape index (κ2) is 8.37. The molecule has 1 saturated heterocycles. The SMILES string of the molecule is CC[C@H]1CN(Cc2ccc(O)c(C)c2)CCC(=O)N1Cc1ccccc1. The first-order valence-electron chi connectivity index (χ1n) is 9.41. The van der Waals surface area contributed by atoms with Crippen LogP contribution in [0.2, 0.25) is 0 Å². The predicted molar refractivity (Wildman–Crippen MR) is 104 cm³/mol. The molecular formula is C22H28N2O2. The fourth-order valence-corrected chi connectivity index (χ4v) is 3.65. The Kier molecular flexibility index (Phi) is 5.94. The van der Waals surface area contributed by atoms with Crippen LogP contribution in [-0.2, 0) is 17.9 Å². The maximum atomic E-state index is 12.8. The van der Waals surface area contributed by atoms with Crippen molar-refractivity contribution in [1.82, 2.24) is 9.80 Å². The second-order valence-electron chi connectivity index (χ2n) is 7.18. The molecule has 1 amide bonds. The molecule has 0 bridgehead atoms. The van der Waals surface area contributed by atoms with Gasteiger partial charge < -0.3 is 10.0 Å². The van der Waals surface area contributed by atoms with Gasteiger partial charge in [-0.2, -0.15) is 0 Å². The summed E-state index contributed by atoms with van der Waals surface area (Å²) >= 11 is 0. The van der Waals surface area contributed by atoms with Crippen molar-refractivity contribution in [1.29, 1.82) is 0 Å². The number of nitrogens with zero attached hydrogens (tertiary/aromatic N) is 2. The zero-order valence-corrected chi connectivity index (χ0v) is 15.7. The number of carbonyl (C=O) groups excluding carboxylic acids is 1. The number of hydrogen-bond donors (Lipinski definition) is 1. The molecule has 2 aromatic carbocycles. The van der Waals surface area contributed by atoms with Gasteiger partial charge in [-0.25, -0.2) is 0 Å². The Morgan fingerprint density at radius 1 is 1.08 bits per heavy atom. The minimum atomic E-state index is 0.225. The quantitative estimate of drug-likeness (QED) is 0.892. The van der Waals surface area contributed by atoms with Crippen molar-refractivity contribution in [3.63, 3.8) is 0 Å². The van der Waals surface area contributed by atoms with Crippen LogP contribution in [0.15, 0.2) is 48.5 Å². The molecule has 26 heavy (non-hydrogen) atoms. The third kappa shape index (κ3) is 4.44. The van der Waals surface area contributed by atoms with Gasteiger partial charge in [-0.15, -0.1) is 0 Å². The van der Waals surface area contributed by atoms with Gasteiger partial charge in [0.2, 0.25) is 5.91 Å². The summed E-state index contributed by atoms with van der Waals surface area (Å²) < 4.78 is 0. The molecule has 0 saturated carbocycles. The first kappa shape index (κ1) is 18.5. The fourth-order valence-electron chi connectivity index (χ4n) is 3.65. The van der Waals surface area contributed by atoms with Crippen LogP contribution in [0.3, 0.4) is 0 Å². The molecule has 0 aromatic heterocycles. The zero-order chi connectivity index (χ0) is 18.5. The van der Waals surface area contributed by atoms with Crippen molar-refractivity contribution < 1.29 is 9.90 Å². The van der Waals surface area contributed by atoms with E-state index >= 15 is 0 Å². The number of benzene rings is 2. The van der Waals surface area contributed by atoms with E-state index in [4.69, 9.17) is 0 Å². The standard InChI is InChI=1S/C22H28N2O2/c1-3-20-16-23(14-19-9-10-21(25)17(2)13-19)12-11-22(26)24(20)15-18-7-5-4-6-8-18/h4-10,13,20,25H,3,11-12,14-16H2,1-2H3/t20-/m0/s1. The number of aryl methyl sites for hydroxylation is 1. The Balaban J connectivity index is 1.72. The number of carbonyl (C=O) groups is 1. The lowest BCUT2D eigenvalue weighted by Crippen LogP contribution is -2.42. The van der Waals surface area contributed by atoms with Gasteiger partial charge in [0, 0.05) is 38.6 Å². The average Bonchev–Trinajstić information content (AvgIpc) is 2.79. The number of hydrogen-bond acceptors (Lipinski definition) is 3. The number of aromatic hydroxyl groups is 1. The van der Waals surface area contributed by atoms with E-state index in [1.54, 1.807) is 6.07 Å². The van der Waals surface area contributed by atoms with Crippen LogP contribution < -0.4 is 0 Å². The smallest absolute Gasteiger partial charge is 0.224 e. The molecule has 0 spiro atoms. The van der Waals surface area contributed by atoms with Crippen molar-refractivity contribution >= 4 is 5.91 Å². The Labute approximate surface area is 156 Å². The third-order valence-electron chi connectivity index (χ3n) is 5.21. The Morgan fingerprint density at radius 2 is 1.85 bits per heavy atom. The van der Waals surface area contributed by atoms with Crippen LogP contribution in [0.4, 0.5) is 0 Å². The molecule has 1 atom stereocenters. The summed E-state index contributed by atoms with van der Waals surface area (Å²) in [7, 11) is 0. The molecule has 2 aromatic rings. The first-order chi connectivity index (χ1) is 12.6. The van der Waals surface area contributed by atoms with E-state index in [0.29, 0.717) is 18.7 Å². The summed E-state index contributed by atoms with van der Waals surface area (Å²) in [5.74, 6) is 0.574. The molecular weight excluding hydrogens is 324 g/mol. The van der Waals surface area contributed by atoms with Crippen LogP contribution in [0, 0.1) is 6.92 Å². The largest absolute Gasteiger partial charge is 0.508 e. The van der Waals surface area contributed by atoms with Crippen LogP contribution in [-0.4, -0.2) is 39.9 Å². The van der Waals surface area contributed by atoms with E-state index in [1.807, 2.05) is 37.3 Å². The summed E-state index contributed by atoms with van der Waals surface area (Å²) in [6.45, 7) is 7.23. The fraction of sp³-hybridized carbons (Fsp3) is 0.409. The highest BCUT2D eigenvalue weighted by Crippen LogP contribution is 2.21. The molecule has 4 heteroatoms. The molecule has 1 fully saturated rings. The van der Waals surface area contributed by atoms with Gasteiger partial charge in [-0.1, -0.05) is 49.4 Å². The number of phenols is 1. The van der Waals surface area contributed by atoms with E-state index < -0.39 is 0 Å². The number of amides is 1. The highest BCUT2D eigenvalue weighted by atomic mass is 16.3. The summed E-state index contributed by atoms with van der Waals surface area (Å²) in [4.78, 5) is 17.2. The van der Waals surface area contributed by atoms with Gasteiger partial charge in [-0.05, 0) is 36.1 Å². The number of rotatable bonds is 5. The van der Waals surface area contributed by atoms with E-state index in [2.05, 4.69) is 28.9 Å². The maximum absolute atomic E-state index is 12.8. The monoisotopic (exact) mass is 352 g/mol. The maximum Gasteiger partial charge on any atom is 0.224 e. The first-order valence-corrected chi connectivity index (χ1v) is 9.41. The summed E-state index contributed by atoms with van der Waals surface area (Å²) in [5, 5.41) is 9.72. The molecule has 0 unspecified atom stereocenters. The molecule has 1 N–H and O–H groups in total. The molecule has 138 valence electrons. The molecule has 0 radical (unpaired) electrons.